The van der Waals surface area contributed by atoms with Crippen molar-refractivity contribution >= 4 is 11.8 Å². The molecule has 1 fully saturated rings. The van der Waals surface area contributed by atoms with E-state index < -0.39 is 11.9 Å². The quantitative estimate of drug-likeness (QED) is 0.923. The van der Waals surface area contributed by atoms with Gasteiger partial charge in [-0.2, -0.15) is 0 Å². The highest BCUT2D eigenvalue weighted by Gasteiger charge is 2.36. The van der Waals surface area contributed by atoms with Gasteiger partial charge in [0.2, 0.25) is 5.91 Å². The summed E-state index contributed by atoms with van der Waals surface area (Å²) in [6.45, 7) is 0.709. The summed E-state index contributed by atoms with van der Waals surface area (Å²) in [6.07, 6.45) is 0. The van der Waals surface area contributed by atoms with E-state index in [0.29, 0.717) is 18.7 Å². The molecule has 2 aromatic rings. The van der Waals surface area contributed by atoms with Gasteiger partial charge in [0.15, 0.2) is 0 Å². The molecule has 112 valence electrons. The number of hydrogen-bond donors (Lipinski definition) is 1. The first-order chi connectivity index (χ1) is 10.7. The lowest BCUT2D eigenvalue weighted by Gasteiger charge is -2.35. The first kappa shape index (κ1) is 14.3. The van der Waals surface area contributed by atoms with Gasteiger partial charge < -0.3 is 10.2 Å². The van der Waals surface area contributed by atoms with Crippen molar-refractivity contribution in [2.45, 2.75) is 6.04 Å². The molecule has 2 aromatic carbocycles. The van der Waals surface area contributed by atoms with Crippen molar-refractivity contribution in [1.82, 2.24) is 10.2 Å². The van der Waals surface area contributed by atoms with Gasteiger partial charge in [0, 0.05) is 24.2 Å². The molecule has 4 nitrogen and oxygen atoms in total. The van der Waals surface area contributed by atoms with Crippen LogP contribution in [-0.2, 0) is 4.79 Å². The smallest absolute Gasteiger partial charge is 0.254 e. The van der Waals surface area contributed by atoms with Gasteiger partial charge in [0.25, 0.3) is 5.91 Å². The van der Waals surface area contributed by atoms with Gasteiger partial charge in [0.05, 0.1) is 0 Å². The van der Waals surface area contributed by atoms with Gasteiger partial charge in [-0.15, -0.1) is 0 Å². The third-order valence-corrected chi connectivity index (χ3v) is 3.69. The number of hydrogen-bond acceptors (Lipinski definition) is 2. The summed E-state index contributed by atoms with van der Waals surface area (Å²) in [7, 11) is 0. The zero-order valence-corrected chi connectivity index (χ0v) is 11.8. The van der Waals surface area contributed by atoms with Crippen LogP contribution in [-0.4, -0.2) is 29.8 Å². The van der Waals surface area contributed by atoms with E-state index in [1.165, 1.54) is 17.0 Å². The Morgan fingerprint density at radius 3 is 2.50 bits per heavy atom. The molecule has 0 radical (unpaired) electrons. The average Bonchev–Trinajstić information content (AvgIpc) is 2.56. The summed E-state index contributed by atoms with van der Waals surface area (Å²) in [5.41, 5.74) is 0.697. The molecule has 22 heavy (non-hydrogen) atoms. The highest BCUT2D eigenvalue weighted by molar-refractivity contribution is 5.98. The molecule has 1 saturated heterocycles. The predicted octanol–water partition coefficient (Wildman–Crippen LogP) is 2.14. The maximum Gasteiger partial charge on any atom is 0.254 e. The Kier molecular flexibility index (Phi) is 3.87. The standard InChI is InChI=1S/C17H15FN2O2/c18-14-9-5-4-8-13(14)15-16(21)19-10-11-20(15)17(22)12-6-2-1-3-7-12/h1-9,15H,10-11H2,(H,19,21). The van der Waals surface area contributed by atoms with Crippen LogP contribution in [0.15, 0.2) is 54.6 Å². The number of nitrogens with one attached hydrogen (secondary N) is 1. The van der Waals surface area contributed by atoms with Crippen LogP contribution in [0.5, 0.6) is 0 Å². The fourth-order valence-electron chi connectivity index (χ4n) is 2.64. The lowest BCUT2D eigenvalue weighted by Crippen LogP contribution is -2.52. The van der Waals surface area contributed by atoms with Gasteiger partial charge >= 0.3 is 0 Å². The van der Waals surface area contributed by atoms with Crippen molar-refractivity contribution in [2.24, 2.45) is 0 Å². The molecule has 0 bridgehead atoms. The normalized spacial score (nSPS) is 18.0. The maximum atomic E-state index is 14.1. The molecule has 1 atom stereocenters. The Balaban J connectivity index is 1.99. The molecule has 1 N–H and O–H groups in total. The fourth-order valence-corrected chi connectivity index (χ4v) is 2.64. The highest BCUT2D eigenvalue weighted by atomic mass is 19.1. The topological polar surface area (TPSA) is 49.4 Å². The molecule has 2 amide bonds. The molecule has 3 rings (SSSR count). The van der Waals surface area contributed by atoms with Gasteiger partial charge in [-0.1, -0.05) is 36.4 Å². The number of halogens is 1. The molecule has 1 aliphatic rings. The number of nitrogens with zero attached hydrogens (tertiary/aromatic N) is 1. The number of amides is 2. The highest BCUT2D eigenvalue weighted by Crippen LogP contribution is 2.27. The van der Waals surface area contributed by atoms with E-state index in [2.05, 4.69) is 5.32 Å². The average molecular weight is 298 g/mol. The largest absolute Gasteiger partial charge is 0.352 e. The van der Waals surface area contributed by atoms with Crippen LogP contribution in [0.1, 0.15) is 22.0 Å². The lowest BCUT2D eigenvalue weighted by molar-refractivity contribution is -0.128. The van der Waals surface area contributed by atoms with E-state index in [4.69, 9.17) is 0 Å². The Hall–Kier alpha value is -2.69. The molecule has 5 heteroatoms. The molecule has 1 heterocycles. The van der Waals surface area contributed by atoms with E-state index in [0.717, 1.165) is 0 Å². The first-order valence-electron chi connectivity index (χ1n) is 7.06. The zero-order valence-electron chi connectivity index (χ0n) is 11.8. The van der Waals surface area contributed by atoms with Gasteiger partial charge in [0.1, 0.15) is 11.9 Å². The summed E-state index contributed by atoms with van der Waals surface area (Å²) >= 11 is 0. The van der Waals surface area contributed by atoms with Crippen LogP contribution in [0, 0.1) is 5.82 Å². The van der Waals surface area contributed by atoms with Crippen LogP contribution < -0.4 is 5.32 Å². The Labute approximate surface area is 127 Å². The lowest BCUT2D eigenvalue weighted by atomic mass is 10.0. The van der Waals surface area contributed by atoms with E-state index in [9.17, 15) is 14.0 Å². The Morgan fingerprint density at radius 2 is 1.77 bits per heavy atom. The van der Waals surface area contributed by atoms with Gasteiger partial charge in [-0.25, -0.2) is 4.39 Å². The summed E-state index contributed by atoms with van der Waals surface area (Å²) in [5.74, 6) is -1.13. The summed E-state index contributed by atoms with van der Waals surface area (Å²) < 4.78 is 14.1. The second-order valence-electron chi connectivity index (χ2n) is 5.08. The summed E-state index contributed by atoms with van der Waals surface area (Å²) in [4.78, 5) is 26.3. The third kappa shape index (κ3) is 2.57. The van der Waals surface area contributed by atoms with Crippen LogP contribution in [0.2, 0.25) is 0 Å². The summed E-state index contributed by atoms with van der Waals surface area (Å²) in [5, 5.41) is 2.69. The molecular weight excluding hydrogens is 283 g/mol. The van der Waals surface area contributed by atoms with Crippen LogP contribution >= 0.6 is 0 Å². The molecule has 1 aliphatic heterocycles. The number of rotatable bonds is 2. The van der Waals surface area contributed by atoms with E-state index in [1.54, 1.807) is 36.4 Å². The number of benzene rings is 2. The van der Waals surface area contributed by atoms with Crippen molar-refractivity contribution in [3.05, 3.63) is 71.5 Å². The second kappa shape index (κ2) is 5.97. The van der Waals surface area contributed by atoms with Gasteiger partial charge in [-0.3, -0.25) is 9.59 Å². The van der Waals surface area contributed by atoms with Crippen LogP contribution in [0.4, 0.5) is 4.39 Å². The van der Waals surface area contributed by atoms with Gasteiger partial charge in [-0.05, 0) is 18.2 Å². The third-order valence-electron chi connectivity index (χ3n) is 3.69. The van der Waals surface area contributed by atoms with E-state index in [-0.39, 0.29) is 17.4 Å². The minimum Gasteiger partial charge on any atom is -0.352 e. The number of carbonyl (C=O) groups is 2. The minimum atomic E-state index is -0.942. The maximum absolute atomic E-state index is 14.1. The Bertz CT molecular complexity index is 703. The Morgan fingerprint density at radius 1 is 1.09 bits per heavy atom. The SMILES string of the molecule is O=C1NCCN(C(=O)c2ccccc2)C1c1ccccc1F. The fraction of sp³-hybridized carbons (Fsp3) is 0.176. The monoisotopic (exact) mass is 298 g/mol. The van der Waals surface area contributed by atoms with Crippen molar-refractivity contribution in [1.29, 1.82) is 0 Å². The zero-order chi connectivity index (χ0) is 15.5. The van der Waals surface area contributed by atoms with Crippen molar-refractivity contribution in [3.8, 4) is 0 Å². The van der Waals surface area contributed by atoms with Crippen molar-refractivity contribution < 1.29 is 14.0 Å². The molecule has 1 unspecified atom stereocenters. The van der Waals surface area contributed by atoms with Crippen molar-refractivity contribution in [3.63, 3.8) is 0 Å². The summed E-state index contributed by atoms with van der Waals surface area (Å²) in [6, 6.07) is 13.8. The van der Waals surface area contributed by atoms with E-state index >= 15 is 0 Å². The second-order valence-corrected chi connectivity index (χ2v) is 5.08. The molecule has 0 aliphatic carbocycles. The van der Waals surface area contributed by atoms with Crippen molar-refractivity contribution in [2.75, 3.05) is 13.1 Å². The predicted molar refractivity (Wildman–Crippen MR) is 79.6 cm³/mol. The van der Waals surface area contributed by atoms with Crippen LogP contribution in [0.3, 0.4) is 0 Å². The molecule has 0 saturated carbocycles. The molecular formula is C17H15FN2O2. The number of piperazine rings is 1. The number of carbonyl (C=O) groups excluding carboxylic acids is 2. The van der Waals surface area contributed by atoms with Crippen LogP contribution in [0.25, 0.3) is 0 Å². The molecule has 0 spiro atoms. The molecule has 0 aromatic heterocycles. The minimum absolute atomic E-state index is 0.212. The first-order valence-corrected chi connectivity index (χ1v) is 7.06. The van der Waals surface area contributed by atoms with E-state index in [1.807, 2.05) is 6.07 Å².